The summed E-state index contributed by atoms with van der Waals surface area (Å²) in [5.41, 5.74) is 1.07. The van der Waals surface area contributed by atoms with Crippen molar-refractivity contribution in [3.8, 4) is 0 Å². The molecule has 13 heteroatoms. The summed E-state index contributed by atoms with van der Waals surface area (Å²) in [6.45, 7) is 5.53. The molecule has 2 heterocycles. The number of carboxylic acids is 1. The fraction of sp³-hybridized carbons (Fsp3) is 0.481. The largest absolute Gasteiger partial charge is 0.481 e. The number of hydrogen-bond donors (Lipinski definition) is 4. The van der Waals surface area contributed by atoms with Gasteiger partial charge in [-0.25, -0.2) is 24.5 Å². The molecule has 2 aromatic heterocycles. The molecule has 0 radical (unpaired) electrons. The first-order chi connectivity index (χ1) is 19.1. The zero-order chi connectivity index (χ0) is 28.7. The van der Waals surface area contributed by atoms with Crippen LogP contribution < -0.4 is 16.0 Å². The molecule has 0 bridgehead atoms. The highest BCUT2D eigenvalue weighted by molar-refractivity contribution is 5.83. The van der Waals surface area contributed by atoms with Gasteiger partial charge in [0, 0.05) is 12.1 Å². The third kappa shape index (κ3) is 8.04. The van der Waals surface area contributed by atoms with Gasteiger partial charge in [0.1, 0.15) is 30.2 Å². The summed E-state index contributed by atoms with van der Waals surface area (Å²) in [4.78, 5) is 49.2. The minimum Gasteiger partial charge on any atom is -0.481 e. The standard InChI is InChI=1S/C27H35N7O6/c1-27(2,3)40-26(38)32-19-11-9-18(10-12-19)31-23-22-24(29-15-28-23)34(16-30-22)20(13-21(35)36)33-25(37)39-14-17-7-5-4-6-8-17/h4-8,15-16,18-20H,9-14H2,1-3H3,(H,32,38)(H,33,37)(H,35,36)(H,28,29,31). The quantitative estimate of drug-likeness (QED) is 0.304. The Morgan fingerprint density at radius 2 is 1.73 bits per heavy atom. The lowest BCUT2D eigenvalue weighted by Gasteiger charge is -2.30. The number of fused-ring (bicyclic) bond motifs is 1. The van der Waals surface area contributed by atoms with Crippen LogP contribution in [-0.4, -0.2) is 60.5 Å². The summed E-state index contributed by atoms with van der Waals surface area (Å²) in [6, 6.07) is 9.29. The van der Waals surface area contributed by atoms with E-state index in [1.807, 2.05) is 51.1 Å². The Labute approximate surface area is 231 Å². The first-order valence-electron chi connectivity index (χ1n) is 13.2. The molecule has 1 unspecified atom stereocenters. The van der Waals surface area contributed by atoms with Gasteiger partial charge in [-0.3, -0.25) is 9.36 Å². The van der Waals surface area contributed by atoms with E-state index in [2.05, 4.69) is 30.9 Å². The Morgan fingerprint density at radius 1 is 1.02 bits per heavy atom. The highest BCUT2D eigenvalue weighted by Gasteiger charge is 2.27. The summed E-state index contributed by atoms with van der Waals surface area (Å²) in [5, 5.41) is 18.4. The number of ether oxygens (including phenoxy) is 2. The van der Waals surface area contributed by atoms with Crippen molar-refractivity contribution in [1.29, 1.82) is 0 Å². The summed E-state index contributed by atoms with van der Waals surface area (Å²) in [6.07, 6.45) is 3.36. The lowest BCUT2D eigenvalue weighted by Crippen LogP contribution is -2.42. The van der Waals surface area contributed by atoms with Gasteiger partial charge in [-0.15, -0.1) is 0 Å². The van der Waals surface area contributed by atoms with E-state index in [1.165, 1.54) is 17.2 Å². The SMILES string of the molecule is CC(C)(C)OC(=O)NC1CCC(Nc2ncnc3c2ncn3C(CC(=O)O)NC(=O)OCc2ccccc2)CC1. The number of amides is 2. The molecule has 13 nitrogen and oxygen atoms in total. The van der Waals surface area contributed by atoms with Gasteiger partial charge < -0.3 is 30.5 Å². The fourth-order valence-corrected chi connectivity index (χ4v) is 4.52. The van der Waals surface area contributed by atoms with Gasteiger partial charge in [0.2, 0.25) is 0 Å². The average molecular weight is 554 g/mol. The van der Waals surface area contributed by atoms with E-state index in [0.29, 0.717) is 17.0 Å². The zero-order valence-electron chi connectivity index (χ0n) is 22.8. The average Bonchev–Trinajstić information content (AvgIpc) is 3.33. The van der Waals surface area contributed by atoms with Crippen molar-refractivity contribution in [2.45, 2.75) is 83.3 Å². The van der Waals surface area contributed by atoms with Crippen LogP contribution in [0, 0.1) is 0 Å². The second kappa shape index (κ2) is 12.6. The van der Waals surface area contributed by atoms with Crippen LogP contribution in [0.2, 0.25) is 0 Å². The summed E-state index contributed by atoms with van der Waals surface area (Å²) in [5.74, 6) is -0.604. The number of nitrogens with one attached hydrogen (secondary N) is 3. The molecule has 1 aliphatic carbocycles. The summed E-state index contributed by atoms with van der Waals surface area (Å²) < 4.78 is 12.1. The number of nitrogens with zero attached hydrogens (tertiary/aromatic N) is 4. The lowest BCUT2D eigenvalue weighted by molar-refractivity contribution is -0.138. The van der Waals surface area contributed by atoms with Crippen LogP contribution >= 0.6 is 0 Å². The Kier molecular flexibility index (Phi) is 9.02. The number of benzene rings is 1. The normalized spacial score (nSPS) is 18.0. The molecular formula is C27H35N7O6. The van der Waals surface area contributed by atoms with Crippen LogP contribution in [0.4, 0.5) is 15.4 Å². The lowest BCUT2D eigenvalue weighted by atomic mass is 9.91. The van der Waals surface area contributed by atoms with Gasteiger partial charge in [0.05, 0.1) is 12.7 Å². The van der Waals surface area contributed by atoms with E-state index in [4.69, 9.17) is 9.47 Å². The molecule has 1 aliphatic rings. The molecule has 214 valence electrons. The summed E-state index contributed by atoms with van der Waals surface area (Å²) >= 11 is 0. The first kappa shape index (κ1) is 28.6. The molecule has 0 aliphatic heterocycles. The van der Waals surface area contributed by atoms with E-state index < -0.39 is 36.3 Å². The third-order valence-corrected chi connectivity index (χ3v) is 6.35. The molecule has 40 heavy (non-hydrogen) atoms. The van der Waals surface area contributed by atoms with Crippen molar-refractivity contribution in [3.05, 3.63) is 48.5 Å². The predicted octanol–water partition coefficient (Wildman–Crippen LogP) is 3.97. The Bertz CT molecular complexity index is 1320. The van der Waals surface area contributed by atoms with Gasteiger partial charge in [-0.1, -0.05) is 30.3 Å². The molecule has 0 spiro atoms. The maximum absolute atomic E-state index is 12.5. The Hall–Kier alpha value is -4.42. The maximum Gasteiger partial charge on any atom is 0.409 e. The van der Waals surface area contributed by atoms with Crippen LogP contribution in [0.15, 0.2) is 43.0 Å². The molecule has 2 amide bonds. The van der Waals surface area contributed by atoms with Gasteiger partial charge in [-0.2, -0.15) is 0 Å². The van der Waals surface area contributed by atoms with Gasteiger partial charge >= 0.3 is 18.2 Å². The number of carbonyl (C=O) groups is 3. The molecule has 1 saturated carbocycles. The van der Waals surface area contributed by atoms with Gasteiger partial charge in [0.15, 0.2) is 11.5 Å². The van der Waals surface area contributed by atoms with Gasteiger partial charge in [0.25, 0.3) is 0 Å². The predicted molar refractivity (Wildman–Crippen MR) is 145 cm³/mol. The monoisotopic (exact) mass is 553 g/mol. The first-order valence-corrected chi connectivity index (χ1v) is 13.2. The Morgan fingerprint density at radius 3 is 2.40 bits per heavy atom. The number of carboxylic acid groups (broad SMARTS) is 1. The second-order valence-electron chi connectivity index (χ2n) is 10.7. The highest BCUT2D eigenvalue weighted by atomic mass is 16.6. The topological polar surface area (TPSA) is 170 Å². The number of aliphatic carboxylic acids is 1. The summed E-state index contributed by atoms with van der Waals surface area (Å²) in [7, 11) is 0. The third-order valence-electron chi connectivity index (χ3n) is 6.35. The van der Waals surface area contributed by atoms with Crippen LogP contribution in [-0.2, 0) is 20.9 Å². The molecule has 4 N–H and O–H groups in total. The minimum atomic E-state index is -1.11. The zero-order valence-corrected chi connectivity index (χ0v) is 22.8. The maximum atomic E-state index is 12.5. The van der Waals surface area contributed by atoms with Crippen LogP contribution in [0.3, 0.4) is 0 Å². The number of hydrogen-bond acceptors (Lipinski definition) is 9. The van der Waals surface area contributed by atoms with E-state index in [-0.39, 0.29) is 18.7 Å². The number of imidazole rings is 1. The van der Waals surface area contributed by atoms with Crippen molar-refractivity contribution in [3.63, 3.8) is 0 Å². The van der Waals surface area contributed by atoms with Crippen LogP contribution in [0.25, 0.3) is 11.2 Å². The molecule has 3 aromatic rings. The van der Waals surface area contributed by atoms with Crippen molar-refractivity contribution in [1.82, 2.24) is 30.2 Å². The molecule has 1 aromatic carbocycles. The number of aromatic nitrogens is 4. The molecule has 0 saturated heterocycles. The van der Waals surface area contributed by atoms with E-state index in [1.54, 1.807) is 0 Å². The molecule has 1 fully saturated rings. The van der Waals surface area contributed by atoms with Crippen molar-refractivity contribution in [2.24, 2.45) is 0 Å². The highest BCUT2D eigenvalue weighted by Crippen LogP contribution is 2.26. The number of anilines is 1. The Balaban J connectivity index is 1.39. The number of alkyl carbamates (subject to hydrolysis) is 2. The van der Waals surface area contributed by atoms with Crippen LogP contribution in [0.5, 0.6) is 0 Å². The molecule has 1 atom stereocenters. The smallest absolute Gasteiger partial charge is 0.409 e. The van der Waals surface area contributed by atoms with E-state index in [9.17, 15) is 19.5 Å². The van der Waals surface area contributed by atoms with Crippen molar-refractivity contribution in [2.75, 3.05) is 5.32 Å². The van der Waals surface area contributed by atoms with E-state index >= 15 is 0 Å². The van der Waals surface area contributed by atoms with Crippen molar-refractivity contribution >= 4 is 35.1 Å². The minimum absolute atomic E-state index is 0.0297. The second-order valence-corrected chi connectivity index (χ2v) is 10.7. The number of carbonyl (C=O) groups excluding carboxylic acids is 2. The van der Waals surface area contributed by atoms with Crippen LogP contribution in [0.1, 0.15) is 64.6 Å². The van der Waals surface area contributed by atoms with Gasteiger partial charge in [-0.05, 0) is 52.0 Å². The molecular weight excluding hydrogens is 518 g/mol. The molecule has 4 rings (SSSR count). The fourth-order valence-electron chi connectivity index (χ4n) is 4.52. The van der Waals surface area contributed by atoms with E-state index in [0.717, 1.165) is 31.2 Å². The van der Waals surface area contributed by atoms with Crippen molar-refractivity contribution < 1.29 is 29.0 Å². The number of rotatable bonds is 9.